The number of halogens is 2. The lowest BCUT2D eigenvalue weighted by Gasteiger charge is -2.43. The molecule has 5 rings (SSSR count). The molecule has 0 spiro atoms. The van der Waals surface area contributed by atoms with Gasteiger partial charge in [-0.2, -0.15) is 0 Å². The number of carboxylic acid groups (broad SMARTS) is 1. The van der Waals surface area contributed by atoms with Gasteiger partial charge in [-0.05, 0) is 104 Å². The number of carbonyl (C=O) groups is 1. The molecular weight excluding hydrogens is 631 g/mol. The highest BCUT2D eigenvalue weighted by molar-refractivity contribution is 6.32. The molecule has 1 aliphatic heterocycles. The molecule has 1 N–H and O–H groups in total. The SMILES string of the molecule is C=C(C)[C@@H]1C[C@@H](c2ccc(-c3ccc(Cl)cc3)cc2)[C@@H](CCCC)O[C@H]1c1cc(Oc2cc(C)c(Cl)c(C)c2)ccc1OCC(=O)O. The number of carboxylic acids is 1. The zero-order valence-electron chi connectivity index (χ0n) is 27.4. The van der Waals surface area contributed by atoms with E-state index in [9.17, 15) is 9.90 Å². The van der Waals surface area contributed by atoms with Crippen LogP contribution in [-0.4, -0.2) is 23.8 Å². The monoisotopic (exact) mass is 672 g/mol. The van der Waals surface area contributed by atoms with Gasteiger partial charge in [0.15, 0.2) is 6.61 Å². The van der Waals surface area contributed by atoms with Crippen molar-refractivity contribution in [3.8, 4) is 28.4 Å². The molecule has 1 aliphatic rings. The van der Waals surface area contributed by atoms with Crippen LogP contribution < -0.4 is 9.47 Å². The van der Waals surface area contributed by atoms with E-state index in [1.165, 1.54) is 5.56 Å². The average Bonchev–Trinajstić information content (AvgIpc) is 3.05. The van der Waals surface area contributed by atoms with Gasteiger partial charge in [0, 0.05) is 27.4 Å². The number of ether oxygens (including phenoxy) is 3. The first kappa shape index (κ1) is 34.6. The normalized spacial score (nSPS) is 19.3. The van der Waals surface area contributed by atoms with Crippen LogP contribution in [0.5, 0.6) is 17.2 Å². The van der Waals surface area contributed by atoms with Crippen LogP contribution >= 0.6 is 23.2 Å². The minimum absolute atomic E-state index is 0.0451. The summed E-state index contributed by atoms with van der Waals surface area (Å²) in [4.78, 5) is 11.5. The molecule has 47 heavy (non-hydrogen) atoms. The van der Waals surface area contributed by atoms with Crippen molar-refractivity contribution in [1.29, 1.82) is 0 Å². The van der Waals surface area contributed by atoms with E-state index in [0.29, 0.717) is 27.3 Å². The minimum atomic E-state index is -1.05. The molecule has 1 heterocycles. The second kappa shape index (κ2) is 15.4. The Kier molecular flexibility index (Phi) is 11.3. The third-order valence-electron chi connectivity index (χ3n) is 8.92. The molecule has 0 saturated carbocycles. The molecule has 4 aromatic rings. The Morgan fingerprint density at radius 1 is 0.936 bits per heavy atom. The molecule has 0 bridgehead atoms. The largest absolute Gasteiger partial charge is 0.482 e. The first-order valence-electron chi connectivity index (χ1n) is 16.1. The van der Waals surface area contributed by atoms with Crippen molar-refractivity contribution in [3.63, 3.8) is 0 Å². The summed E-state index contributed by atoms with van der Waals surface area (Å²) in [6, 6.07) is 25.9. The predicted octanol–water partition coefficient (Wildman–Crippen LogP) is 11.5. The summed E-state index contributed by atoms with van der Waals surface area (Å²) in [5, 5.41) is 10.9. The molecule has 0 radical (unpaired) electrons. The van der Waals surface area contributed by atoms with Crippen molar-refractivity contribution in [2.24, 2.45) is 5.92 Å². The number of hydrogen-bond donors (Lipinski definition) is 1. The summed E-state index contributed by atoms with van der Waals surface area (Å²) < 4.78 is 19.2. The standard InChI is InChI=1S/C40H42Cl2O5/c1-6-7-8-37-34(29-11-9-27(10-12-29)28-13-15-30(41)16-14-28)22-33(24(2)3)40(47-37)35-21-31(17-18-36(35)45-23-38(43)44)46-32-19-25(4)39(42)26(5)20-32/h9-21,33-34,37,40H,2,6-8,22-23H2,1,3-5H3,(H,43,44)/t33-,34-,37+,40+/m0/s1. The molecule has 1 saturated heterocycles. The van der Waals surface area contributed by atoms with Crippen LogP contribution in [0.3, 0.4) is 0 Å². The van der Waals surface area contributed by atoms with Crippen molar-refractivity contribution in [3.05, 3.63) is 123 Å². The van der Waals surface area contributed by atoms with Gasteiger partial charge in [-0.1, -0.05) is 91.5 Å². The number of aliphatic carboxylic acids is 1. The summed E-state index contributed by atoms with van der Waals surface area (Å²) in [5.41, 5.74) is 7.05. The van der Waals surface area contributed by atoms with Gasteiger partial charge in [0.05, 0.1) is 12.2 Å². The predicted molar refractivity (Wildman–Crippen MR) is 190 cm³/mol. The Hall–Kier alpha value is -3.77. The summed E-state index contributed by atoms with van der Waals surface area (Å²) in [6.07, 6.45) is 3.33. The van der Waals surface area contributed by atoms with Gasteiger partial charge >= 0.3 is 5.97 Å². The zero-order valence-corrected chi connectivity index (χ0v) is 28.9. The Morgan fingerprint density at radius 2 is 1.57 bits per heavy atom. The third-order valence-corrected chi connectivity index (χ3v) is 9.77. The first-order valence-corrected chi connectivity index (χ1v) is 16.9. The van der Waals surface area contributed by atoms with Gasteiger partial charge in [-0.25, -0.2) is 4.79 Å². The maximum Gasteiger partial charge on any atom is 0.341 e. The van der Waals surface area contributed by atoms with E-state index in [2.05, 4.69) is 37.8 Å². The van der Waals surface area contributed by atoms with Crippen LogP contribution in [0.1, 0.15) is 73.8 Å². The van der Waals surface area contributed by atoms with Crippen molar-refractivity contribution < 1.29 is 24.1 Å². The lowest BCUT2D eigenvalue weighted by molar-refractivity contribution is -0.139. The van der Waals surface area contributed by atoms with Crippen molar-refractivity contribution in [2.45, 2.75) is 71.5 Å². The number of aryl methyl sites for hydroxylation is 2. The molecule has 246 valence electrons. The Morgan fingerprint density at radius 3 is 2.17 bits per heavy atom. The molecule has 5 nitrogen and oxygen atoms in total. The highest BCUT2D eigenvalue weighted by atomic mass is 35.5. The van der Waals surface area contributed by atoms with Crippen LogP contribution in [0.4, 0.5) is 0 Å². The van der Waals surface area contributed by atoms with Crippen molar-refractivity contribution in [1.82, 2.24) is 0 Å². The number of rotatable bonds is 12. The summed E-state index contributed by atoms with van der Waals surface area (Å²) in [7, 11) is 0. The maximum atomic E-state index is 11.5. The van der Waals surface area contributed by atoms with E-state index in [1.54, 1.807) is 12.1 Å². The lowest BCUT2D eigenvalue weighted by atomic mass is 9.74. The molecule has 0 aromatic heterocycles. The molecule has 7 heteroatoms. The van der Waals surface area contributed by atoms with Crippen molar-refractivity contribution >= 4 is 29.2 Å². The number of unbranched alkanes of at least 4 members (excludes halogenated alkanes) is 1. The molecular formula is C40H42Cl2O5. The van der Waals surface area contributed by atoms with Crippen LogP contribution in [0, 0.1) is 19.8 Å². The summed E-state index contributed by atoms with van der Waals surface area (Å²) in [6.45, 7) is 12.0. The second-order valence-corrected chi connectivity index (χ2v) is 13.3. The first-order chi connectivity index (χ1) is 22.5. The average molecular weight is 674 g/mol. The van der Waals surface area contributed by atoms with Gasteiger partial charge in [-0.3, -0.25) is 0 Å². The molecule has 1 fully saturated rings. The quantitative estimate of drug-likeness (QED) is 0.152. The lowest BCUT2D eigenvalue weighted by Crippen LogP contribution is -2.36. The molecule has 4 atom stereocenters. The van der Waals surface area contributed by atoms with Gasteiger partial charge < -0.3 is 19.3 Å². The van der Waals surface area contributed by atoms with E-state index < -0.39 is 18.7 Å². The highest BCUT2D eigenvalue weighted by Crippen LogP contribution is 2.50. The smallest absolute Gasteiger partial charge is 0.341 e. The highest BCUT2D eigenvalue weighted by Gasteiger charge is 2.41. The fraction of sp³-hybridized carbons (Fsp3) is 0.325. The Labute approximate surface area is 288 Å². The summed E-state index contributed by atoms with van der Waals surface area (Å²) in [5.74, 6) is 0.779. The Bertz CT molecular complexity index is 1690. The zero-order chi connectivity index (χ0) is 33.7. The molecule has 0 aliphatic carbocycles. The second-order valence-electron chi connectivity index (χ2n) is 12.5. The van der Waals surface area contributed by atoms with Crippen molar-refractivity contribution in [2.75, 3.05) is 6.61 Å². The number of hydrogen-bond acceptors (Lipinski definition) is 4. The van der Waals surface area contributed by atoms with Gasteiger partial charge in [0.2, 0.25) is 0 Å². The molecule has 4 aromatic carbocycles. The Balaban J connectivity index is 1.50. The van der Waals surface area contributed by atoms with Gasteiger partial charge in [-0.15, -0.1) is 0 Å². The van der Waals surface area contributed by atoms with Crippen LogP contribution in [0.15, 0.2) is 91.0 Å². The topological polar surface area (TPSA) is 65.0 Å². The van der Waals surface area contributed by atoms with E-state index in [0.717, 1.165) is 59.1 Å². The number of benzene rings is 4. The van der Waals surface area contributed by atoms with Crippen LogP contribution in [0.25, 0.3) is 11.1 Å². The van der Waals surface area contributed by atoms with E-state index >= 15 is 0 Å². The maximum absolute atomic E-state index is 11.5. The van der Waals surface area contributed by atoms with E-state index in [1.807, 2.05) is 63.2 Å². The minimum Gasteiger partial charge on any atom is -0.482 e. The fourth-order valence-corrected chi connectivity index (χ4v) is 6.69. The van der Waals surface area contributed by atoms with Crippen LogP contribution in [0.2, 0.25) is 10.0 Å². The molecule has 0 amide bonds. The fourth-order valence-electron chi connectivity index (χ4n) is 6.45. The van der Waals surface area contributed by atoms with E-state index in [-0.39, 0.29) is 17.9 Å². The third kappa shape index (κ3) is 8.39. The van der Waals surface area contributed by atoms with E-state index in [4.69, 9.17) is 37.4 Å². The summed E-state index contributed by atoms with van der Waals surface area (Å²) >= 11 is 12.5. The van der Waals surface area contributed by atoms with Gasteiger partial charge in [0.1, 0.15) is 17.2 Å². The van der Waals surface area contributed by atoms with Crippen LogP contribution in [-0.2, 0) is 9.53 Å². The van der Waals surface area contributed by atoms with Gasteiger partial charge in [0.25, 0.3) is 0 Å². The molecule has 0 unspecified atom stereocenters.